The van der Waals surface area contributed by atoms with Crippen LogP contribution >= 0.6 is 15.9 Å². The van der Waals surface area contributed by atoms with Crippen molar-refractivity contribution in [3.63, 3.8) is 0 Å². The maximum Gasteiger partial charge on any atom is 0.336 e. The molecule has 1 heterocycles. The van der Waals surface area contributed by atoms with Gasteiger partial charge in [0, 0.05) is 28.2 Å². The van der Waals surface area contributed by atoms with E-state index in [0.717, 1.165) is 33.1 Å². The number of rotatable bonds is 4. The molecule has 0 atom stereocenters. The van der Waals surface area contributed by atoms with Crippen LogP contribution < -0.4 is 10.9 Å². The normalized spacial score (nSPS) is 10.8. The first-order valence-electron chi connectivity index (χ1n) is 7.21. The van der Waals surface area contributed by atoms with Crippen LogP contribution in [-0.2, 0) is 13.0 Å². The minimum atomic E-state index is -0.313. The first-order valence-corrected chi connectivity index (χ1v) is 8.00. The SMILES string of the molecule is CCc1ccc2c(CNc3cccc(Br)c3)cc(=O)oc2c1. The highest BCUT2D eigenvalue weighted by Gasteiger charge is 2.06. The van der Waals surface area contributed by atoms with Crippen LogP contribution in [0.15, 0.2) is 62.2 Å². The Bertz CT molecular complexity index is 870. The number of halogens is 1. The van der Waals surface area contributed by atoms with Crippen molar-refractivity contribution in [3.8, 4) is 0 Å². The Morgan fingerprint density at radius 2 is 2.00 bits per heavy atom. The molecule has 0 amide bonds. The van der Waals surface area contributed by atoms with E-state index in [1.54, 1.807) is 6.07 Å². The van der Waals surface area contributed by atoms with Gasteiger partial charge in [0.05, 0.1) is 0 Å². The molecule has 3 aromatic rings. The predicted octanol–water partition coefficient (Wildman–Crippen LogP) is 4.73. The molecule has 1 aromatic heterocycles. The minimum absolute atomic E-state index is 0.313. The summed E-state index contributed by atoms with van der Waals surface area (Å²) in [5, 5.41) is 4.31. The summed E-state index contributed by atoms with van der Waals surface area (Å²) < 4.78 is 6.34. The van der Waals surface area contributed by atoms with Crippen LogP contribution in [0.1, 0.15) is 18.1 Å². The molecule has 0 unspecified atom stereocenters. The first kappa shape index (κ1) is 14.9. The second kappa shape index (κ2) is 6.36. The molecule has 3 nitrogen and oxygen atoms in total. The van der Waals surface area contributed by atoms with E-state index in [0.29, 0.717) is 12.1 Å². The van der Waals surface area contributed by atoms with Gasteiger partial charge in [0.25, 0.3) is 0 Å². The molecule has 0 fully saturated rings. The van der Waals surface area contributed by atoms with E-state index >= 15 is 0 Å². The van der Waals surface area contributed by atoms with Crippen molar-refractivity contribution < 1.29 is 4.42 Å². The molecule has 22 heavy (non-hydrogen) atoms. The fourth-order valence-electron chi connectivity index (χ4n) is 2.44. The number of hydrogen-bond donors (Lipinski definition) is 1. The Balaban J connectivity index is 1.94. The van der Waals surface area contributed by atoms with Crippen LogP contribution in [0.2, 0.25) is 0 Å². The molecule has 1 N–H and O–H groups in total. The van der Waals surface area contributed by atoms with Gasteiger partial charge in [-0.25, -0.2) is 4.79 Å². The van der Waals surface area contributed by atoms with Crippen LogP contribution in [0, 0.1) is 0 Å². The number of benzene rings is 2. The lowest BCUT2D eigenvalue weighted by molar-refractivity contribution is 0.559. The van der Waals surface area contributed by atoms with Crippen LogP contribution in [0.3, 0.4) is 0 Å². The van der Waals surface area contributed by atoms with Crippen molar-refractivity contribution >= 4 is 32.6 Å². The van der Waals surface area contributed by atoms with E-state index in [-0.39, 0.29) is 5.63 Å². The Morgan fingerprint density at radius 1 is 1.14 bits per heavy atom. The molecule has 4 heteroatoms. The minimum Gasteiger partial charge on any atom is -0.423 e. The predicted molar refractivity (Wildman–Crippen MR) is 93.3 cm³/mol. The highest BCUT2D eigenvalue weighted by atomic mass is 79.9. The highest BCUT2D eigenvalue weighted by molar-refractivity contribution is 9.10. The lowest BCUT2D eigenvalue weighted by atomic mass is 10.1. The van der Waals surface area contributed by atoms with Crippen molar-refractivity contribution in [2.24, 2.45) is 0 Å². The van der Waals surface area contributed by atoms with Gasteiger partial charge in [-0.3, -0.25) is 0 Å². The third-order valence-electron chi connectivity index (χ3n) is 3.61. The first-order chi connectivity index (χ1) is 10.7. The zero-order valence-corrected chi connectivity index (χ0v) is 13.8. The Labute approximate surface area is 137 Å². The van der Waals surface area contributed by atoms with Gasteiger partial charge in [0.15, 0.2) is 0 Å². The molecule has 112 valence electrons. The molecule has 0 spiro atoms. The summed E-state index contributed by atoms with van der Waals surface area (Å²) in [4.78, 5) is 11.8. The van der Waals surface area contributed by atoms with Crippen LogP contribution in [0.4, 0.5) is 5.69 Å². The Kier molecular flexibility index (Phi) is 4.29. The summed E-state index contributed by atoms with van der Waals surface area (Å²) in [6.45, 7) is 2.65. The molecular formula is C18H16BrNO2. The number of fused-ring (bicyclic) bond motifs is 1. The summed E-state index contributed by atoms with van der Waals surface area (Å²) in [5.41, 5.74) is 3.44. The summed E-state index contributed by atoms with van der Waals surface area (Å²) >= 11 is 3.45. The molecule has 0 bridgehead atoms. The molecule has 0 aliphatic carbocycles. The van der Waals surface area contributed by atoms with Crippen LogP contribution in [0.25, 0.3) is 11.0 Å². The van der Waals surface area contributed by atoms with E-state index in [2.05, 4.69) is 34.2 Å². The van der Waals surface area contributed by atoms with E-state index < -0.39 is 0 Å². The number of aryl methyl sites for hydroxylation is 1. The largest absolute Gasteiger partial charge is 0.423 e. The Morgan fingerprint density at radius 3 is 2.77 bits per heavy atom. The van der Waals surface area contributed by atoms with Crippen molar-refractivity contribution in [1.82, 2.24) is 0 Å². The summed E-state index contributed by atoms with van der Waals surface area (Å²) in [6, 6.07) is 15.5. The van der Waals surface area contributed by atoms with Gasteiger partial charge in [-0.05, 0) is 41.8 Å². The summed E-state index contributed by atoms with van der Waals surface area (Å²) in [7, 11) is 0. The topological polar surface area (TPSA) is 42.2 Å². The number of hydrogen-bond acceptors (Lipinski definition) is 3. The van der Waals surface area contributed by atoms with E-state index in [1.165, 1.54) is 0 Å². The molecule has 0 radical (unpaired) electrons. The fraction of sp³-hybridized carbons (Fsp3) is 0.167. The third-order valence-corrected chi connectivity index (χ3v) is 4.10. The van der Waals surface area contributed by atoms with E-state index in [9.17, 15) is 4.79 Å². The zero-order valence-electron chi connectivity index (χ0n) is 12.2. The quantitative estimate of drug-likeness (QED) is 0.686. The number of anilines is 1. The zero-order chi connectivity index (χ0) is 15.5. The lowest BCUT2D eigenvalue weighted by Gasteiger charge is -2.09. The molecule has 2 aromatic carbocycles. The average molecular weight is 358 g/mol. The maximum atomic E-state index is 11.8. The third kappa shape index (κ3) is 3.22. The smallest absolute Gasteiger partial charge is 0.336 e. The van der Waals surface area contributed by atoms with Crippen LogP contribution in [-0.4, -0.2) is 0 Å². The summed E-state index contributed by atoms with van der Waals surface area (Å²) in [5.74, 6) is 0. The van der Waals surface area contributed by atoms with Gasteiger partial charge in [-0.2, -0.15) is 0 Å². The summed E-state index contributed by atoms with van der Waals surface area (Å²) in [6.07, 6.45) is 0.917. The van der Waals surface area contributed by atoms with Crippen LogP contribution in [0.5, 0.6) is 0 Å². The van der Waals surface area contributed by atoms with E-state index in [4.69, 9.17) is 4.42 Å². The van der Waals surface area contributed by atoms with Crippen molar-refractivity contribution in [2.45, 2.75) is 19.9 Å². The van der Waals surface area contributed by atoms with Gasteiger partial charge < -0.3 is 9.73 Å². The molecular weight excluding hydrogens is 342 g/mol. The average Bonchev–Trinajstić information content (AvgIpc) is 2.52. The van der Waals surface area contributed by atoms with Crippen molar-refractivity contribution in [1.29, 1.82) is 0 Å². The molecule has 0 saturated carbocycles. The van der Waals surface area contributed by atoms with Crippen molar-refractivity contribution in [2.75, 3.05) is 5.32 Å². The second-order valence-electron chi connectivity index (χ2n) is 5.14. The maximum absolute atomic E-state index is 11.8. The second-order valence-corrected chi connectivity index (χ2v) is 6.05. The molecule has 0 saturated heterocycles. The van der Waals surface area contributed by atoms with Gasteiger partial charge in [-0.15, -0.1) is 0 Å². The Hall–Kier alpha value is -2.07. The monoisotopic (exact) mass is 357 g/mol. The van der Waals surface area contributed by atoms with Gasteiger partial charge in [0.1, 0.15) is 5.58 Å². The fourth-order valence-corrected chi connectivity index (χ4v) is 2.84. The lowest BCUT2D eigenvalue weighted by Crippen LogP contribution is -2.06. The number of nitrogens with one attached hydrogen (secondary N) is 1. The standard InChI is InChI=1S/C18H16BrNO2/c1-2-12-6-7-16-13(9-18(21)22-17(16)8-12)11-20-15-5-3-4-14(19)10-15/h3-10,20H,2,11H2,1H3. The molecule has 0 aliphatic heterocycles. The van der Waals surface area contributed by atoms with E-state index in [1.807, 2.05) is 36.4 Å². The van der Waals surface area contributed by atoms with Gasteiger partial charge in [-0.1, -0.05) is 41.1 Å². The van der Waals surface area contributed by atoms with Gasteiger partial charge in [0.2, 0.25) is 0 Å². The van der Waals surface area contributed by atoms with Gasteiger partial charge >= 0.3 is 5.63 Å². The highest BCUT2D eigenvalue weighted by Crippen LogP contribution is 2.21. The molecule has 0 aliphatic rings. The molecule has 3 rings (SSSR count). The van der Waals surface area contributed by atoms with Crippen molar-refractivity contribution in [3.05, 3.63) is 74.6 Å².